The van der Waals surface area contributed by atoms with Gasteiger partial charge in [0.1, 0.15) is 0 Å². The number of fused-ring (bicyclic) bond motifs is 1. The molecule has 196 valence electrons. The predicted octanol–water partition coefficient (Wildman–Crippen LogP) is 13.2. The van der Waals surface area contributed by atoms with Gasteiger partial charge in [-0.25, -0.2) is 0 Å². The van der Waals surface area contributed by atoms with Crippen LogP contribution in [0.15, 0.2) is 127 Å². The standard InChI is InChI=1S/C36H24Br4/c1-21-7-11-23(12-8-21)27-17-30(34(38)18-28(27)24-13-9-22(2)10-14-24)32-20-35(39)31(19-36(32)40)29-15-25-5-3-4-6-26(25)16-33(29)37/h3-20H,1-2H3. The van der Waals surface area contributed by atoms with Crippen molar-refractivity contribution < 1.29 is 0 Å². The number of hydrogen-bond donors (Lipinski definition) is 0. The molecule has 0 unspecified atom stereocenters. The fourth-order valence-corrected chi connectivity index (χ4v) is 7.35. The number of hydrogen-bond acceptors (Lipinski definition) is 0. The predicted molar refractivity (Wildman–Crippen MR) is 186 cm³/mol. The van der Waals surface area contributed by atoms with E-state index in [4.69, 9.17) is 0 Å². The van der Waals surface area contributed by atoms with E-state index in [0.717, 1.165) is 40.1 Å². The molecule has 6 aromatic rings. The highest BCUT2D eigenvalue weighted by molar-refractivity contribution is 9.11. The highest BCUT2D eigenvalue weighted by Crippen LogP contribution is 2.46. The van der Waals surface area contributed by atoms with Crippen LogP contribution in [-0.4, -0.2) is 0 Å². The van der Waals surface area contributed by atoms with Crippen molar-refractivity contribution in [1.82, 2.24) is 0 Å². The van der Waals surface area contributed by atoms with Crippen LogP contribution in [0.2, 0.25) is 0 Å². The topological polar surface area (TPSA) is 0 Å². The molecule has 0 saturated carbocycles. The summed E-state index contributed by atoms with van der Waals surface area (Å²) in [5.41, 5.74) is 11.8. The van der Waals surface area contributed by atoms with Crippen LogP contribution in [0.5, 0.6) is 0 Å². The second-order valence-corrected chi connectivity index (χ2v) is 13.5. The van der Waals surface area contributed by atoms with Crippen molar-refractivity contribution in [2.24, 2.45) is 0 Å². The summed E-state index contributed by atoms with van der Waals surface area (Å²) in [6, 6.07) is 39.4. The smallest absolute Gasteiger partial charge is 0.0261 e. The van der Waals surface area contributed by atoms with Crippen LogP contribution in [0.4, 0.5) is 0 Å². The van der Waals surface area contributed by atoms with Gasteiger partial charge >= 0.3 is 0 Å². The second kappa shape index (κ2) is 11.4. The molecule has 0 radical (unpaired) electrons. The number of benzene rings is 6. The lowest BCUT2D eigenvalue weighted by atomic mass is 9.90. The minimum Gasteiger partial charge on any atom is -0.0616 e. The van der Waals surface area contributed by atoms with Crippen LogP contribution < -0.4 is 0 Å². The molecule has 0 aliphatic rings. The third-order valence-electron chi connectivity index (χ3n) is 7.30. The zero-order chi connectivity index (χ0) is 28.0. The molecule has 0 N–H and O–H groups in total. The maximum Gasteiger partial charge on any atom is 0.0261 e. The first-order valence-corrected chi connectivity index (χ1v) is 16.1. The first kappa shape index (κ1) is 27.7. The summed E-state index contributed by atoms with van der Waals surface area (Å²) in [6.07, 6.45) is 0. The molecule has 0 aliphatic carbocycles. The van der Waals surface area contributed by atoms with Gasteiger partial charge < -0.3 is 0 Å². The largest absolute Gasteiger partial charge is 0.0616 e. The van der Waals surface area contributed by atoms with Crippen molar-refractivity contribution in [2.75, 3.05) is 0 Å². The average Bonchev–Trinajstić information content (AvgIpc) is 2.95. The zero-order valence-corrected chi connectivity index (χ0v) is 28.2. The van der Waals surface area contributed by atoms with Crippen molar-refractivity contribution in [3.63, 3.8) is 0 Å². The van der Waals surface area contributed by atoms with Crippen LogP contribution in [0.25, 0.3) is 55.3 Å². The molecule has 0 atom stereocenters. The maximum atomic E-state index is 3.93. The quantitative estimate of drug-likeness (QED) is 0.167. The first-order chi connectivity index (χ1) is 19.3. The highest BCUT2D eigenvalue weighted by Gasteiger charge is 2.18. The van der Waals surface area contributed by atoms with Crippen LogP contribution in [0.3, 0.4) is 0 Å². The van der Waals surface area contributed by atoms with Crippen molar-refractivity contribution in [1.29, 1.82) is 0 Å². The molecule has 0 saturated heterocycles. The van der Waals surface area contributed by atoms with Gasteiger partial charge in [-0.15, -0.1) is 0 Å². The average molecular weight is 776 g/mol. The zero-order valence-electron chi connectivity index (χ0n) is 21.9. The molecule has 0 spiro atoms. The number of rotatable bonds is 4. The van der Waals surface area contributed by atoms with Gasteiger partial charge in [0.15, 0.2) is 0 Å². The molecule has 40 heavy (non-hydrogen) atoms. The fraction of sp³-hybridized carbons (Fsp3) is 0.0556. The molecule has 0 fully saturated rings. The molecule has 0 heterocycles. The minimum absolute atomic E-state index is 1.03. The molecule has 0 aromatic heterocycles. The Morgan fingerprint density at radius 3 is 1.20 bits per heavy atom. The van der Waals surface area contributed by atoms with E-state index in [0.29, 0.717) is 0 Å². The van der Waals surface area contributed by atoms with Crippen molar-refractivity contribution in [3.8, 4) is 44.5 Å². The van der Waals surface area contributed by atoms with Gasteiger partial charge in [0, 0.05) is 17.9 Å². The fourth-order valence-electron chi connectivity index (χ4n) is 5.10. The monoisotopic (exact) mass is 772 g/mol. The Bertz CT molecular complexity index is 1890. The number of halogens is 4. The Morgan fingerprint density at radius 1 is 0.350 bits per heavy atom. The Kier molecular flexibility index (Phi) is 7.89. The summed E-state index contributed by atoms with van der Waals surface area (Å²) in [5, 5.41) is 2.43. The van der Waals surface area contributed by atoms with Crippen molar-refractivity contribution in [3.05, 3.63) is 138 Å². The molecular weight excluding hydrogens is 752 g/mol. The Balaban J connectivity index is 1.52. The second-order valence-electron chi connectivity index (χ2n) is 10.1. The summed E-state index contributed by atoms with van der Waals surface area (Å²) in [6.45, 7) is 4.25. The summed E-state index contributed by atoms with van der Waals surface area (Å²) in [5.74, 6) is 0. The summed E-state index contributed by atoms with van der Waals surface area (Å²) in [4.78, 5) is 0. The normalized spacial score (nSPS) is 11.2. The lowest BCUT2D eigenvalue weighted by Gasteiger charge is -2.18. The third-order valence-corrected chi connectivity index (χ3v) is 9.93. The molecule has 0 nitrogen and oxygen atoms in total. The molecule has 0 aliphatic heterocycles. The maximum absolute atomic E-state index is 3.93. The molecule has 0 bridgehead atoms. The van der Waals surface area contributed by atoms with Gasteiger partial charge in [0.25, 0.3) is 0 Å². The van der Waals surface area contributed by atoms with Gasteiger partial charge in [-0.05, 0) is 106 Å². The van der Waals surface area contributed by atoms with Crippen LogP contribution in [0, 0.1) is 13.8 Å². The Labute approximate surface area is 269 Å². The molecule has 6 rings (SSSR count). The molecular formula is C36H24Br4. The van der Waals surface area contributed by atoms with E-state index in [-0.39, 0.29) is 0 Å². The van der Waals surface area contributed by atoms with Crippen LogP contribution >= 0.6 is 63.7 Å². The van der Waals surface area contributed by atoms with Crippen molar-refractivity contribution >= 4 is 74.5 Å². The first-order valence-electron chi connectivity index (χ1n) is 12.9. The van der Waals surface area contributed by atoms with Gasteiger partial charge in [-0.2, -0.15) is 0 Å². The highest BCUT2D eigenvalue weighted by atomic mass is 79.9. The molecule has 4 heteroatoms. The van der Waals surface area contributed by atoms with Gasteiger partial charge in [0.2, 0.25) is 0 Å². The summed E-state index contributed by atoms with van der Waals surface area (Å²) in [7, 11) is 0. The minimum atomic E-state index is 1.03. The summed E-state index contributed by atoms with van der Waals surface area (Å²) >= 11 is 15.6. The van der Waals surface area contributed by atoms with E-state index in [1.54, 1.807) is 0 Å². The Hall–Kier alpha value is -2.50. The van der Waals surface area contributed by atoms with Crippen LogP contribution in [0.1, 0.15) is 11.1 Å². The molecule has 0 amide bonds. The van der Waals surface area contributed by atoms with Crippen LogP contribution in [-0.2, 0) is 0 Å². The van der Waals surface area contributed by atoms with E-state index >= 15 is 0 Å². The Morgan fingerprint density at radius 2 is 0.700 bits per heavy atom. The van der Waals surface area contributed by atoms with E-state index in [1.165, 1.54) is 44.2 Å². The molecule has 6 aromatic carbocycles. The lowest BCUT2D eigenvalue weighted by molar-refractivity contribution is 1.45. The third kappa shape index (κ3) is 5.39. The number of aryl methyl sites for hydroxylation is 2. The van der Waals surface area contributed by atoms with E-state index in [1.807, 2.05) is 0 Å². The van der Waals surface area contributed by atoms with Gasteiger partial charge in [-0.3, -0.25) is 0 Å². The SMILES string of the molecule is Cc1ccc(-c2cc(Br)c(-c3cc(Br)c(-c4cc5ccccc5cc4Br)cc3Br)cc2-c2ccc(C)cc2)cc1. The van der Waals surface area contributed by atoms with Gasteiger partial charge in [0.05, 0.1) is 0 Å². The van der Waals surface area contributed by atoms with E-state index in [9.17, 15) is 0 Å². The lowest BCUT2D eigenvalue weighted by Crippen LogP contribution is -1.92. The van der Waals surface area contributed by atoms with Crippen molar-refractivity contribution in [2.45, 2.75) is 13.8 Å². The van der Waals surface area contributed by atoms with E-state index in [2.05, 4.69) is 187 Å². The van der Waals surface area contributed by atoms with E-state index < -0.39 is 0 Å². The van der Waals surface area contributed by atoms with Gasteiger partial charge in [-0.1, -0.05) is 148 Å². The summed E-state index contributed by atoms with van der Waals surface area (Å²) < 4.78 is 4.18.